The summed E-state index contributed by atoms with van der Waals surface area (Å²) in [7, 11) is 0. The standard InChI is InChI=1S/C42H36N2/c1-29-13-21-35(22-14-29)43(33-9-5-3-6-10-33)39-27-19-31-17-18-32-20-28-40(38-26-25-37(39)41(31)42(32)38)44(34-11-7-4-8-12-34)36-23-15-30(2)16-24-36/h5,7,9-28H,3-4,6,8H2,1-2H3. The largest absolute Gasteiger partial charge is 0.310 e. The van der Waals surface area contributed by atoms with Gasteiger partial charge < -0.3 is 9.80 Å². The van der Waals surface area contributed by atoms with Crippen molar-refractivity contribution in [2.24, 2.45) is 0 Å². The third-order valence-electron chi connectivity index (χ3n) is 9.15. The average molecular weight is 569 g/mol. The van der Waals surface area contributed by atoms with Gasteiger partial charge in [-0.25, -0.2) is 0 Å². The molecule has 0 unspecified atom stereocenters. The molecule has 0 N–H and O–H groups in total. The van der Waals surface area contributed by atoms with Gasteiger partial charge in [0, 0.05) is 33.5 Å². The highest BCUT2D eigenvalue weighted by atomic mass is 15.2. The maximum Gasteiger partial charge on any atom is 0.0540 e. The van der Waals surface area contributed by atoms with Crippen LogP contribution in [0.2, 0.25) is 0 Å². The summed E-state index contributed by atoms with van der Waals surface area (Å²) in [4.78, 5) is 4.89. The fourth-order valence-electron chi connectivity index (χ4n) is 6.93. The van der Waals surface area contributed by atoms with Crippen molar-refractivity contribution in [2.75, 3.05) is 9.80 Å². The van der Waals surface area contributed by atoms with E-state index in [4.69, 9.17) is 0 Å². The topological polar surface area (TPSA) is 6.48 Å². The molecule has 44 heavy (non-hydrogen) atoms. The van der Waals surface area contributed by atoms with Crippen molar-refractivity contribution >= 4 is 55.1 Å². The summed E-state index contributed by atoms with van der Waals surface area (Å²) >= 11 is 0. The molecule has 214 valence electrons. The number of hydrogen-bond acceptors (Lipinski definition) is 2. The van der Waals surface area contributed by atoms with Crippen LogP contribution in [0, 0.1) is 13.8 Å². The molecule has 0 amide bonds. The number of hydrogen-bond donors (Lipinski definition) is 0. The van der Waals surface area contributed by atoms with E-state index in [-0.39, 0.29) is 0 Å². The van der Waals surface area contributed by atoms with Gasteiger partial charge in [0.15, 0.2) is 0 Å². The van der Waals surface area contributed by atoms with Crippen molar-refractivity contribution < 1.29 is 0 Å². The highest BCUT2D eigenvalue weighted by Gasteiger charge is 2.22. The van der Waals surface area contributed by atoms with Crippen molar-refractivity contribution in [1.29, 1.82) is 0 Å². The molecule has 0 heterocycles. The van der Waals surface area contributed by atoms with Crippen molar-refractivity contribution in [1.82, 2.24) is 0 Å². The van der Waals surface area contributed by atoms with Crippen molar-refractivity contribution in [2.45, 2.75) is 39.5 Å². The van der Waals surface area contributed by atoms with Crippen molar-refractivity contribution in [3.63, 3.8) is 0 Å². The Morgan fingerprint density at radius 1 is 0.432 bits per heavy atom. The Kier molecular flexibility index (Phi) is 6.56. The Morgan fingerprint density at radius 2 is 0.841 bits per heavy atom. The van der Waals surface area contributed by atoms with Crippen molar-refractivity contribution in [3.8, 4) is 0 Å². The molecule has 2 aliphatic carbocycles. The van der Waals surface area contributed by atoms with E-state index in [1.54, 1.807) is 0 Å². The summed E-state index contributed by atoms with van der Waals surface area (Å²) < 4.78 is 0. The van der Waals surface area contributed by atoms with Gasteiger partial charge in [-0.1, -0.05) is 96.1 Å². The Hall–Kier alpha value is -5.08. The van der Waals surface area contributed by atoms with Crippen LogP contribution in [-0.4, -0.2) is 0 Å². The zero-order chi connectivity index (χ0) is 29.6. The normalized spacial score (nSPS) is 14.8. The van der Waals surface area contributed by atoms with Crippen LogP contribution in [0.25, 0.3) is 32.3 Å². The summed E-state index contributed by atoms with van der Waals surface area (Å²) in [6, 6.07) is 36.4. The fraction of sp³-hybridized carbons (Fsp3) is 0.143. The second-order valence-corrected chi connectivity index (χ2v) is 12.2. The van der Waals surface area contributed by atoms with Crippen LogP contribution in [0.4, 0.5) is 22.7 Å². The van der Waals surface area contributed by atoms with E-state index in [0.717, 1.165) is 25.7 Å². The van der Waals surface area contributed by atoms with Gasteiger partial charge in [0.25, 0.3) is 0 Å². The molecule has 0 aromatic heterocycles. The monoisotopic (exact) mass is 568 g/mol. The summed E-state index contributed by atoms with van der Waals surface area (Å²) in [6.45, 7) is 4.31. The highest BCUT2D eigenvalue weighted by Crippen LogP contribution is 2.46. The number of anilines is 4. The Labute approximate surface area is 259 Å². The minimum Gasteiger partial charge on any atom is -0.310 e. The molecule has 0 spiro atoms. The van der Waals surface area contributed by atoms with E-state index < -0.39 is 0 Å². The van der Waals surface area contributed by atoms with E-state index in [0.29, 0.717) is 0 Å². The molecule has 6 aromatic carbocycles. The lowest BCUT2D eigenvalue weighted by Crippen LogP contribution is -2.17. The summed E-state index contributed by atoms with van der Waals surface area (Å²) in [5.41, 5.74) is 9.81. The van der Waals surface area contributed by atoms with Gasteiger partial charge in [0.1, 0.15) is 0 Å². The molecule has 0 saturated heterocycles. The quantitative estimate of drug-likeness (QED) is 0.184. The number of benzene rings is 6. The molecule has 8 rings (SSSR count). The molecule has 2 aliphatic rings. The third-order valence-corrected chi connectivity index (χ3v) is 9.15. The SMILES string of the molecule is Cc1ccc(N(C2=CCCC=C2)c2ccc3ccc4ccc(N(C5=CCCC=C5)c5ccc(C)cc5)c5ccc2c3c45)cc1. The van der Waals surface area contributed by atoms with E-state index >= 15 is 0 Å². The molecular formula is C42H36N2. The van der Waals surface area contributed by atoms with Gasteiger partial charge in [0.2, 0.25) is 0 Å². The number of aryl methyl sites for hydroxylation is 2. The maximum atomic E-state index is 2.44. The average Bonchev–Trinajstić information content (AvgIpc) is 3.07. The van der Waals surface area contributed by atoms with Crippen molar-refractivity contribution in [3.05, 3.63) is 156 Å². The van der Waals surface area contributed by atoms with Gasteiger partial charge in [-0.15, -0.1) is 0 Å². The lowest BCUT2D eigenvalue weighted by atomic mass is 9.91. The Bertz CT molecular complexity index is 1970. The lowest BCUT2D eigenvalue weighted by Gasteiger charge is -2.31. The van der Waals surface area contributed by atoms with E-state index in [1.807, 2.05) is 0 Å². The summed E-state index contributed by atoms with van der Waals surface area (Å²) in [5, 5.41) is 7.75. The number of allylic oxidation sites excluding steroid dienone is 6. The van der Waals surface area contributed by atoms with E-state index in [1.165, 1.54) is 77.6 Å². The smallest absolute Gasteiger partial charge is 0.0540 e. The minimum atomic E-state index is 1.06. The fourth-order valence-corrected chi connectivity index (χ4v) is 6.93. The van der Waals surface area contributed by atoms with Crippen LogP contribution in [0.15, 0.2) is 145 Å². The zero-order valence-electron chi connectivity index (χ0n) is 25.4. The molecule has 0 bridgehead atoms. The van der Waals surface area contributed by atoms with Gasteiger partial charge in [-0.2, -0.15) is 0 Å². The first kappa shape index (κ1) is 26.5. The molecular weight excluding hydrogens is 532 g/mol. The lowest BCUT2D eigenvalue weighted by molar-refractivity contribution is 0.998. The first-order valence-corrected chi connectivity index (χ1v) is 15.8. The number of rotatable bonds is 6. The molecule has 6 aromatic rings. The Balaban J connectivity index is 1.39. The maximum absolute atomic E-state index is 2.44. The van der Waals surface area contributed by atoms with Crippen LogP contribution in [0.1, 0.15) is 36.8 Å². The van der Waals surface area contributed by atoms with Crippen LogP contribution >= 0.6 is 0 Å². The minimum absolute atomic E-state index is 1.06. The van der Waals surface area contributed by atoms with E-state index in [9.17, 15) is 0 Å². The second-order valence-electron chi connectivity index (χ2n) is 12.2. The molecule has 0 radical (unpaired) electrons. The third kappa shape index (κ3) is 4.50. The Morgan fingerprint density at radius 3 is 1.23 bits per heavy atom. The van der Waals surface area contributed by atoms with Crippen LogP contribution in [-0.2, 0) is 0 Å². The molecule has 2 heteroatoms. The van der Waals surface area contributed by atoms with E-state index in [2.05, 4.69) is 157 Å². The first-order valence-electron chi connectivity index (χ1n) is 15.8. The van der Waals surface area contributed by atoms with Crippen LogP contribution < -0.4 is 9.80 Å². The zero-order valence-corrected chi connectivity index (χ0v) is 25.4. The number of nitrogens with zero attached hydrogens (tertiary/aromatic N) is 2. The predicted octanol–water partition coefficient (Wildman–Crippen LogP) is 11.9. The molecule has 0 atom stereocenters. The van der Waals surface area contributed by atoms with Gasteiger partial charge in [0.05, 0.1) is 11.4 Å². The summed E-state index contributed by atoms with van der Waals surface area (Å²) in [5.74, 6) is 0. The van der Waals surface area contributed by atoms with Gasteiger partial charge >= 0.3 is 0 Å². The second kappa shape index (κ2) is 10.9. The molecule has 0 aliphatic heterocycles. The predicted molar refractivity (Wildman–Crippen MR) is 190 cm³/mol. The molecule has 0 fully saturated rings. The molecule has 0 saturated carbocycles. The van der Waals surface area contributed by atoms with Gasteiger partial charge in [-0.3, -0.25) is 0 Å². The molecule has 2 nitrogen and oxygen atoms in total. The summed E-state index contributed by atoms with van der Waals surface area (Å²) in [6.07, 6.45) is 18.2. The highest BCUT2D eigenvalue weighted by molar-refractivity contribution is 6.28. The van der Waals surface area contributed by atoms with Gasteiger partial charge in [-0.05, 0) is 110 Å². The first-order chi connectivity index (χ1) is 21.7. The van der Waals surface area contributed by atoms with Crippen LogP contribution in [0.5, 0.6) is 0 Å². The van der Waals surface area contributed by atoms with Crippen LogP contribution in [0.3, 0.4) is 0 Å².